The second-order valence-corrected chi connectivity index (χ2v) is 5.57. The molecule has 18 heavy (non-hydrogen) atoms. The molecule has 0 radical (unpaired) electrons. The number of carbonyl (C=O) groups is 1. The van der Waals surface area contributed by atoms with Crippen LogP contribution in [-0.4, -0.2) is 22.0 Å². The number of nitrogens with zero attached hydrogens (tertiary/aromatic N) is 1. The summed E-state index contributed by atoms with van der Waals surface area (Å²) < 4.78 is 5.42. The topological polar surface area (TPSA) is 63.3 Å². The molecule has 0 spiro atoms. The SMILES string of the molecule is CCSc1ccc(-c2onc(C(=O)O)c2Br)cc1. The van der Waals surface area contributed by atoms with E-state index in [2.05, 4.69) is 28.0 Å². The van der Waals surface area contributed by atoms with Crippen molar-refractivity contribution in [2.75, 3.05) is 5.75 Å². The summed E-state index contributed by atoms with van der Waals surface area (Å²) in [5.74, 6) is 0.324. The highest BCUT2D eigenvalue weighted by atomic mass is 79.9. The second-order valence-electron chi connectivity index (χ2n) is 3.44. The first-order chi connectivity index (χ1) is 8.63. The third-order valence-corrected chi connectivity index (χ3v) is 3.90. The molecule has 0 aliphatic rings. The van der Waals surface area contributed by atoms with Gasteiger partial charge in [-0.05, 0) is 45.9 Å². The first-order valence-electron chi connectivity index (χ1n) is 5.25. The van der Waals surface area contributed by atoms with Crippen molar-refractivity contribution in [1.82, 2.24) is 5.16 Å². The molecule has 1 heterocycles. The lowest BCUT2D eigenvalue weighted by Gasteiger charge is -2.00. The van der Waals surface area contributed by atoms with Gasteiger partial charge in [-0.25, -0.2) is 4.79 Å². The third-order valence-electron chi connectivity index (χ3n) is 2.27. The van der Waals surface area contributed by atoms with Crippen molar-refractivity contribution in [1.29, 1.82) is 0 Å². The molecule has 6 heteroatoms. The van der Waals surface area contributed by atoms with Gasteiger partial charge in [0, 0.05) is 10.5 Å². The van der Waals surface area contributed by atoms with Crippen LogP contribution in [-0.2, 0) is 0 Å². The molecule has 2 aromatic rings. The molecular formula is C12H10BrNO3S. The van der Waals surface area contributed by atoms with Crippen molar-refractivity contribution in [3.8, 4) is 11.3 Å². The maximum absolute atomic E-state index is 10.8. The monoisotopic (exact) mass is 327 g/mol. The standard InChI is InChI=1S/C12H10BrNO3S/c1-2-18-8-5-3-7(4-6-8)11-9(13)10(12(15)16)14-17-11/h3-6H,2H2,1H3,(H,15,16). The Labute approximate surface area is 116 Å². The van der Waals surface area contributed by atoms with Crippen LogP contribution in [0, 0.1) is 0 Å². The van der Waals surface area contributed by atoms with E-state index in [-0.39, 0.29) is 5.69 Å². The Kier molecular flexibility index (Phi) is 4.08. The fourth-order valence-corrected chi connectivity index (χ4v) is 2.67. The summed E-state index contributed by atoms with van der Waals surface area (Å²) in [5, 5.41) is 12.4. The predicted octanol–water partition coefficient (Wildman–Crippen LogP) is 3.91. The normalized spacial score (nSPS) is 10.6. The number of hydrogen-bond donors (Lipinski definition) is 1. The highest BCUT2D eigenvalue weighted by molar-refractivity contribution is 9.10. The van der Waals surface area contributed by atoms with Gasteiger partial charge in [-0.3, -0.25) is 0 Å². The molecule has 94 valence electrons. The van der Waals surface area contributed by atoms with Gasteiger partial charge < -0.3 is 9.63 Å². The van der Waals surface area contributed by atoms with Gasteiger partial charge in [0.1, 0.15) is 4.47 Å². The van der Waals surface area contributed by atoms with E-state index in [1.807, 2.05) is 24.3 Å². The largest absolute Gasteiger partial charge is 0.476 e. The second kappa shape index (κ2) is 5.58. The number of thioether (sulfide) groups is 1. The van der Waals surface area contributed by atoms with E-state index in [9.17, 15) is 4.79 Å². The fraction of sp³-hybridized carbons (Fsp3) is 0.167. The summed E-state index contributed by atoms with van der Waals surface area (Å²) in [6, 6.07) is 7.71. The molecule has 0 saturated carbocycles. The summed E-state index contributed by atoms with van der Waals surface area (Å²) >= 11 is 4.94. The lowest BCUT2D eigenvalue weighted by molar-refractivity contribution is 0.0685. The molecule has 1 N–H and O–H groups in total. The van der Waals surface area contributed by atoms with Gasteiger partial charge >= 0.3 is 5.97 Å². The van der Waals surface area contributed by atoms with Crippen molar-refractivity contribution in [2.45, 2.75) is 11.8 Å². The van der Waals surface area contributed by atoms with Crippen molar-refractivity contribution < 1.29 is 14.4 Å². The van der Waals surface area contributed by atoms with Crippen molar-refractivity contribution >= 4 is 33.7 Å². The Morgan fingerprint density at radius 3 is 2.61 bits per heavy atom. The highest BCUT2D eigenvalue weighted by Crippen LogP contribution is 2.32. The van der Waals surface area contributed by atoms with Crippen LogP contribution in [0.4, 0.5) is 0 Å². The number of hydrogen-bond acceptors (Lipinski definition) is 4. The number of carboxylic acids is 1. The molecule has 0 unspecified atom stereocenters. The minimum atomic E-state index is -1.12. The van der Waals surface area contributed by atoms with Crippen LogP contribution >= 0.6 is 27.7 Å². The predicted molar refractivity (Wildman–Crippen MR) is 73.0 cm³/mol. The van der Waals surface area contributed by atoms with Crippen LogP contribution in [0.5, 0.6) is 0 Å². The van der Waals surface area contributed by atoms with Crippen LogP contribution < -0.4 is 0 Å². The number of rotatable bonds is 4. The molecule has 0 aliphatic heterocycles. The van der Waals surface area contributed by atoms with E-state index in [0.29, 0.717) is 10.2 Å². The van der Waals surface area contributed by atoms with Crippen LogP contribution in [0.1, 0.15) is 17.4 Å². The molecule has 4 nitrogen and oxygen atoms in total. The number of halogens is 1. The minimum absolute atomic E-state index is 0.114. The summed E-state index contributed by atoms with van der Waals surface area (Å²) in [4.78, 5) is 12.0. The van der Waals surface area contributed by atoms with Gasteiger partial charge in [-0.1, -0.05) is 12.1 Å². The third kappa shape index (κ3) is 2.59. The Bertz CT molecular complexity index is 565. The Morgan fingerprint density at radius 1 is 1.44 bits per heavy atom. The molecule has 0 amide bonds. The van der Waals surface area contributed by atoms with E-state index >= 15 is 0 Å². The molecular weight excluding hydrogens is 318 g/mol. The molecule has 0 aliphatic carbocycles. The lowest BCUT2D eigenvalue weighted by Crippen LogP contribution is -1.96. The average Bonchev–Trinajstić information content (AvgIpc) is 2.73. The van der Waals surface area contributed by atoms with Crippen LogP contribution in [0.15, 0.2) is 38.2 Å². The molecule has 2 rings (SSSR count). The van der Waals surface area contributed by atoms with E-state index in [1.165, 1.54) is 0 Å². The smallest absolute Gasteiger partial charge is 0.359 e. The summed E-state index contributed by atoms with van der Waals surface area (Å²) in [5.41, 5.74) is 0.680. The van der Waals surface area contributed by atoms with Crippen molar-refractivity contribution in [3.05, 3.63) is 34.4 Å². The van der Waals surface area contributed by atoms with E-state index < -0.39 is 5.97 Å². The quantitative estimate of drug-likeness (QED) is 0.862. The Hall–Kier alpha value is -1.27. The van der Waals surface area contributed by atoms with Crippen LogP contribution in [0.2, 0.25) is 0 Å². The number of aromatic carboxylic acids is 1. The zero-order valence-corrected chi connectivity index (χ0v) is 11.9. The molecule has 1 aromatic heterocycles. The fourth-order valence-electron chi connectivity index (χ4n) is 1.46. The van der Waals surface area contributed by atoms with Gasteiger partial charge in [0.2, 0.25) is 5.69 Å². The van der Waals surface area contributed by atoms with Gasteiger partial charge in [0.15, 0.2) is 5.76 Å². The molecule has 1 aromatic carbocycles. The maximum atomic E-state index is 10.8. The van der Waals surface area contributed by atoms with E-state index in [1.54, 1.807) is 11.8 Å². The van der Waals surface area contributed by atoms with Gasteiger partial charge in [0.25, 0.3) is 0 Å². The van der Waals surface area contributed by atoms with Gasteiger partial charge in [-0.15, -0.1) is 11.8 Å². The minimum Gasteiger partial charge on any atom is -0.476 e. The molecule has 0 atom stereocenters. The first kappa shape index (κ1) is 13.2. The van der Waals surface area contributed by atoms with Crippen LogP contribution in [0.3, 0.4) is 0 Å². The van der Waals surface area contributed by atoms with Gasteiger partial charge in [-0.2, -0.15) is 0 Å². The number of aromatic nitrogens is 1. The Balaban J connectivity index is 2.34. The first-order valence-corrected chi connectivity index (χ1v) is 7.03. The van der Waals surface area contributed by atoms with E-state index in [0.717, 1.165) is 16.2 Å². The summed E-state index contributed by atoms with van der Waals surface area (Å²) in [7, 11) is 0. The summed E-state index contributed by atoms with van der Waals surface area (Å²) in [6.07, 6.45) is 0. The van der Waals surface area contributed by atoms with E-state index in [4.69, 9.17) is 9.63 Å². The zero-order chi connectivity index (χ0) is 13.1. The molecule has 0 saturated heterocycles. The zero-order valence-electron chi connectivity index (χ0n) is 9.51. The maximum Gasteiger partial charge on any atom is 0.359 e. The number of carboxylic acid groups (broad SMARTS) is 1. The highest BCUT2D eigenvalue weighted by Gasteiger charge is 2.20. The molecule has 0 fully saturated rings. The summed E-state index contributed by atoms with van der Waals surface area (Å²) in [6.45, 7) is 2.09. The van der Waals surface area contributed by atoms with Crippen molar-refractivity contribution in [3.63, 3.8) is 0 Å². The number of benzene rings is 1. The van der Waals surface area contributed by atoms with Crippen LogP contribution in [0.25, 0.3) is 11.3 Å². The van der Waals surface area contributed by atoms with Crippen molar-refractivity contribution in [2.24, 2.45) is 0 Å². The Morgan fingerprint density at radius 2 is 2.11 bits per heavy atom. The van der Waals surface area contributed by atoms with Gasteiger partial charge in [0.05, 0.1) is 0 Å². The molecule has 0 bridgehead atoms. The average molecular weight is 328 g/mol. The lowest BCUT2D eigenvalue weighted by atomic mass is 10.1.